The SMILES string of the molecule is CCCNC(=O)C1CCN(S(=O)(=O)c2ccc(-c3ccn[nH]3)o2)CC1. The maximum atomic E-state index is 12.7. The molecule has 25 heavy (non-hydrogen) atoms. The zero-order valence-corrected chi connectivity index (χ0v) is 14.9. The molecular formula is C16H22N4O4S. The van der Waals surface area contributed by atoms with Crippen molar-refractivity contribution < 1.29 is 17.6 Å². The molecule has 136 valence electrons. The first-order valence-electron chi connectivity index (χ1n) is 8.40. The summed E-state index contributed by atoms with van der Waals surface area (Å²) in [4.78, 5) is 12.0. The van der Waals surface area contributed by atoms with Gasteiger partial charge in [-0.1, -0.05) is 6.92 Å². The van der Waals surface area contributed by atoms with Crippen molar-refractivity contribution in [2.45, 2.75) is 31.3 Å². The van der Waals surface area contributed by atoms with E-state index in [0.29, 0.717) is 43.9 Å². The van der Waals surface area contributed by atoms with Crippen molar-refractivity contribution in [1.29, 1.82) is 0 Å². The van der Waals surface area contributed by atoms with E-state index in [0.717, 1.165) is 6.42 Å². The summed E-state index contributed by atoms with van der Waals surface area (Å²) >= 11 is 0. The first-order chi connectivity index (χ1) is 12.0. The van der Waals surface area contributed by atoms with Gasteiger partial charge in [-0.2, -0.15) is 9.40 Å². The van der Waals surface area contributed by atoms with Crippen LogP contribution >= 0.6 is 0 Å². The fourth-order valence-corrected chi connectivity index (χ4v) is 4.26. The lowest BCUT2D eigenvalue weighted by Gasteiger charge is -2.29. The highest BCUT2D eigenvalue weighted by Gasteiger charge is 2.33. The molecule has 0 bridgehead atoms. The monoisotopic (exact) mass is 366 g/mol. The average Bonchev–Trinajstić information content (AvgIpc) is 3.30. The smallest absolute Gasteiger partial charge is 0.276 e. The Labute approximate surface area is 146 Å². The van der Waals surface area contributed by atoms with Gasteiger partial charge in [-0.15, -0.1) is 0 Å². The highest BCUT2D eigenvalue weighted by Crippen LogP contribution is 2.28. The van der Waals surface area contributed by atoms with Crippen LogP contribution in [0.4, 0.5) is 0 Å². The van der Waals surface area contributed by atoms with Crippen LogP contribution in [-0.4, -0.2) is 48.5 Å². The molecule has 3 rings (SSSR count). The molecule has 2 aromatic rings. The Morgan fingerprint density at radius 3 is 2.76 bits per heavy atom. The maximum absolute atomic E-state index is 12.7. The third-order valence-corrected chi connectivity index (χ3v) is 6.09. The lowest BCUT2D eigenvalue weighted by molar-refractivity contribution is -0.126. The highest BCUT2D eigenvalue weighted by atomic mass is 32.2. The molecule has 0 atom stereocenters. The van der Waals surface area contributed by atoms with Gasteiger partial charge in [-0.3, -0.25) is 9.89 Å². The Morgan fingerprint density at radius 1 is 1.36 bits per heavy atom. The number of furan rings is 1. The van der Waals surface area contributed by atoms with Crippen molar-refractivity contribution in [2.24, 2.45) is 5.92 Å². The van der Waals surface area contributed by atoms with Crippen molar-refractivity contribution in [3.05, 3.63) is 24.4 Å². The predicted molar refractivity (Wildman–Crippen MR) is 91.1 cm³/mol. The molecule has 1 fully saturated rings. The Balaban J connectivity index is 1.65. The second-order valence-electron chi connectivity index (χ2n) is 6.06. The first-order valence-corrected chi connectivity index (χ1v) is 9.84. The average molecular weight is 366 g/mol. The maximum Gasteiger partial charge on any atom is 0.276 e. The number of nitrogens with zero attached hydrogens (tertiary/aromatic N) is 2. The molecule has 0 aliphatic carbocycles. The van der Waals surface area contributed by atoms with E-state index in [1.807, 2.05) is 6.92 Å². The van der Waals surface area contributed by atoms with Crippen LogP contribution in [0.15, 0.2) is 33.9 Å². The van der Waals surface area contributed by atoms with Crippen LogP contribution in [0.25, 0.3) is 11.5 Å². The summed E-state index contributed by atoms with van der Waals surface area (Å²) in [7, 11) is -3.70. The molecule has 1 aliphatic rings. The number of carbonyl (C=O) groups excluding carboxylic acids is 1. The molecule has 1 saturated heterocycles. The van der Waals surface area contributed by atoms with Crippen LogP contribution in [0, 0.1) is 5.92 Å². The van der Waals surface area contributed by atoms with Gasteiger partial charge in [0, 0.05) is 31.7 Å². The van der Waals surface area contributed by atoms with Gasteiger partial charge in [0.05, 0.1) is 0 Å². The van der Waals surface area contributed by atoms with E-state index in [2.05, 4.69) is 15.5 Å². The summed E-state index contributed by atoms with van der Waals surface area (Å²) < 4.78 is 32.3. The largest absolute Gasteiger partial charge is 0.442 e. The summed E-state index contributed by atoms with van der Waals surface area (Å²) in [6.07, 6.45) is 3.49. The lowest BCUT2D eigenvalue weighted by atomic mass is 9.97. The second-order valence-corrected chi connectivity index (χ2v) is 7.93. The molecular weight excluding hydrogens is 344 g/mol. The van der Waals surface area contributed by atoms with Gasteiger partial charge in [-0.05, 0) is 37.5 Å². The molecule has 3 heterocycles. The number of carbonyl (C=O) groups is 1. The second kappa shape index (κ2) is 7.40. The minimum absolute atomic E-state index is 0.0124. The molecule has 8 nitrogen and oxygen atoms in total. The van der Waals surface area contributed by atoms with Gasteiger partial charge in [0.2, 0.25) is 11.0 Å². The Hall–Kier alpha value is -2.13. The molecule has 1 amide bonds. The first kappa shape index (κ1) is 17.7. The van der Waals surface area contributed by atoms with Crippen molar-refractivity contribution in [2.75, 3.05) is 19.6 Å². The number of aromatic nitrogens is 2. The summed E-state index contributed by atoms with van der Waals surface area (Å²) in [5.41, 5.74) is 0.618. The summed E-state index contributed by atoms with van der Waals surface area (Å²) in [5.74, 6) is 0.304. The fourth-order valence-electron chi connectivity index (χ4n) is 2.87. The van der Waals surface area contributed by atoms with Gasteiger partial charge >= 0.3 is 0 Å². The van der Waals surface area contributed by atoms with Crippen molar-refractivity contribution in [1.82, 2.24) is 19.8 Å². The van der Waals surface area contributed by atoms with Crippen LogP contribution in [0.1, 0.15) is 26.2 Å². The summed E-state index contributed by atoms with van der Waals surface area (Å²) in [6, 6.07) is 4.76. The van der Waals surface area contributed by atoms with E-state index in [1.165, 1.54) is 10.4 Å². The van der Waals surface area contributed by atoms with Gasteiger partial charge in [0.1, 0.15) is 5.69 Å². The molecule has 2 N–H and O–H groups in total. The van der Waals surface area contributed by atoms with Gasteiger partial charge in [0.25, 0.3) is 10.0 Å². The fraction of sp³-hybridized carbons (Fsp3) is 0.500. The summed E-state index contributed by atoms with van der Waals surface area (Å²) in [6.45, 7) is 3.27. The van der Waals surface area contributed by atoms with Gasteiger partial charge in [-0.25, -0.2) is 8.42 Å². The van der Waals surface area contributed by atoms with Gasteiger partial charge in [0.15, 0.2) is 5.76 Å². The molecule has 0 saturated carbocycles. The lowest BCUT2D eigenvalue weighted by Crippen LogP contribution is -2.43. The summed E-state index contributed by atoms with van der Waals surface area (Å²) in [5, 5.41) is 9.34. The van der Waals surface area contributed by atoms with Crippen LogP contribution in [-0.2, 0) is 14.8 Å². The Bertz CT molecular complexity index is 805. The number of piperidine rings is 1. The van der Waals surface area contributed by atoms with Crippen LogP contribution in [0.2, 0.25) is 0 Å². The van der Waals surface area contributed by atoms with Crippen molar-refractivity contribution >= 4 is 15.9 Å². The van der Waals surface area contributed by atoms with Gasteiger partial charge < -0.3 is 9.73 Å². The molecule has 9 heteroatoms. The third kappa shape index (κ3) is 3.77. The normalized spacial score (nSPS) is 16.8. The minimum atomic E-state index is -3.70. The van der Waals surface area contributed by atoms with E-state index < -0.39 is 10.0 Å². The molecule has 1 aliphatic heterocycles. The topological polar surface area (TPSA) is 108 Å². The van der Waals surface area contributed by atoms with Crippen LogP contribution in [0.5, 0.6) is 0 Å². The van der Waals surface area contributed by atoms with Crippen LogP contribution < -0.4 is 5.32 Å². The molecule has 2 aromatic heterocycles. The highest BCUT2D eigenvalue weighted by molar-refractivity contribution is 7.89. The number of sulfonamides is 1. The van der Waals surface area contributed by atoms with E-state index in [9.17, 15) is 13.2 Å². The number of rotatable bonds is 6. The number of H-pyrrole nitrogens is 1. The molecule has 0 unspecified atom stereocenters. The number of hydrogen-bond acceptors (Lipinski definition) is 5. The number of hydrogen-bond donors (Lipinski definition) is 2. The van der Waals surface area contributed by atoms with Crippen LogP contribution in [0.3, 0.4) is 0 Å². The standard InChI is InChI=1S/C16H22N4O4S/c1-2-8-17-16(21)12-6-10-20(11-7-12)25(22,23)15-4-3-14(24-15)13-5-9-18-19-13/h3-5,9,12H,2,6-8,10-11H2,1H3,(H,17,21)(H,18,19). The number of amides is 1. The zero-order chi connectivity index (χ0) is 17.9. The van der Waals surface area contributed by atoms with E-state index in [-0.39, 0.29) is 16.9 Å². The Morgan fingerprint density at radius 2 is 2.12 bits per heavy atom. The minimum Gasteiger partial charge on any atom is -0.442 e. The van der Waals surface area contributed by atoms with E-state index in [4.69, 9.17) is 4.42 Å². The predicted octanol–water partition coefficient (Wildman–Crippen LogP) is 1.60. The number of nitrogens with one attached hydrogen (secondary N) is 2. The van der Waals surface area contributed by atoms with Crippen molar-refractivity contribution in [3.8, 4) is 11.5 Å². The number of aromatic amines is 1. The third-order valence-electron chi connectivity index (χ3n) is 4.32. The molecule has 0 spiro atoms. The van der Waals surface area contributed by atoms with E-state index in [1.54, 1.807) is 18.3 Å². The zero-order valence-electron chi connectivity index (χ0n) is 14.1. The van der Waals surface area contributed by atoms with Crippen molar-refractivity contribution in [3.63, 3.8) is 0 Å². The molecule has 0 radical (unpaired) electrons. The Kier molecular flexibility index (Phi) is 5.24. The van der Waals surface area contributed by atoms with E-state index >= 15 is 0 Å². The molecule has 0 aromatic carbocycles. The quantitative estimate of drug-likeness (QED) is 0.807.